The maximum atomic E-state index is 12.5. The van der Waals surface area contributed by atoms with E-state index in [4.69, 9.17) is 4.74 Å². The minimum absolute atomic E-state index is 0.0366. The number of carbonyl (C=O) groups excluding carboxylic acids is 1. The highest BCUT2D eigenvalue weighted by Gasteiger charge is 2.21. The number of fused-ring (bicyclic) bond motifs is 1. The number of anilines is 2. The summed E-state index contributed by atoms with van der Waals surface area (Å²) in [5.41, 5.74) is 1.79. The van der Waals surface area contributed by atoms with E-state index in [2.05, 4.69) is 26.0 Å². The van der Waals surface area contributed by atoms with Gasteiger partial charge in [0.2, 0.25) is 0 Å². The number of halogens is 1. The zero-order valence-electron chi connectivity index (χ0n) is 12.1. The molecule has 1 heterocycles. The third-order valence-corrected chi connectivity index (χ3v) is 5.28. The van der Waals surface area contributed by atoms with E-state index in [9.17, 15) is 13.2 Å². The van der Waals surface area contributed by atoms with Gasteiger partial charge in [-0.3, -0.25) is 9.52 Å². The van der Waals surface area contributed by atoms with Gasteiger partial charge in [0.05, 0.1) is 16.3 Å². The highest BCUT2D eigenvalue weighted by Crippen LogP contribution is 2.32. The predicted octanol–water partition coefficient (Wildman–Crippen LogP) is 2.89. The van der Waals surface area contributed by atoms with Gasteiger partial charge in [0, 0.05) is 4.47 Å². The third-order valence-electron chi connectivity index (χ3n) is 3.26. The van der Waals surface area contributed by atoms with Crippen molar-refractivity contribution in [3.05, 3.63) is 46.4 Å². The normalized spacial score (nSPS) is 13.7. The monoisotopic (exact) mass is 396 g/mol. The van der Waals surface area contributed by atoms with Gasteiger partial charge in [-0.25, -0.2) is 8.42 Å². The highest BCUT2D eigenvalue weighted by molar-refractivity contribution is 9.10. The lowest BCUT2D eigenvalue weighted by molar-refractivity contribution is -0.118. The fourth-order valence-electron chi connectivity index (χ4n) is 2.14. The number of ether oxygens (including phenoxy) is 1. The Morgan fingerprint density at radius 3 is 2.74 bits per heavy atom. The van der Waals surface area contributed by atoms with Crippen molar-refractivity contribution in [1.29, 1.82) is 0 Å². The minimum atomic E-state index is -3.79. The number of nitrogens with one attached hydrogen (secondary N) is 2. The Balaban J connectivity index is 1.93. The van der Waals surface area contributed by atoms with Crippen molar-refractivity contribution in [2.45, 2.75) is 11.8 Å². The van der Waals surface area contributed by atoms with Gasteiger partial charge in [0.15, 0.2) is 6.61 Å². The van der Waals surface area contributed by atoms with Crippen LogP contribution in [0, 0.1) is 6.92 Å². The zero-order chi connectivity index (χ0) is 16.6. The Kier molecular flexibility index (Phi) is 4.03. The third kappa shape index (κ3) is 3.32. The van der Waals surface area contributed by atoms with Gasteiger partial charge in [0.25, 0.3) is 15.9 Å². The summed E-state index contributed by atoms with van der Waals surface area (Å²) in [7, 11) is -3.79. The molecule has 0 bridgehead atoms. The van der Waals surface area contributed by atoms with Gasteiger partial charge >= 0.3 is 0 Å². The average molecular weight is 397 g/mol. The molecule has 0 aliphatic carbocycles. The van der Waals surface area contributed by atoms with Crippen LogP contribution in [0.15, 0.2) is 45.8 Å². The molecule has 0 saturated heterocycles. The second kappa shape index (κ2) is 5.86. The summed E-state index contributed by atoms with van der Waals surface area (Å²) in [6, 6.07) is 9.63. The molecule has 0 atom stereocenters. The number of carbonyl (C=O) groups is 1. The fourth-order valence-corrected chi connectivity index (χ4v) is 3.97. The summed E-state index contributed by atoms with van der Waals surface area (Å²) in [4.78, 5) is 11.4. The van der Waals surface area contributed by atoms with Crippen molar-refractivity contribution >= 4 is 43.2 Å². The van der Waals surface area contributed by atoms with Gasteiger partial charge in [-0.1, -0.05) is 6.07 Å². The number of rotatable bonds is 3. The van der Waals surface area contributed by atoms with Gasteiger partial charge in [-0.2, -0.15) is 0 Å². The molecule has 23 heavy (non-hydrogen) atoms. The Morgan fingerprint density at radius 2 is 2.00 bits per heavy atom. The van der Waals surface area contributed by atoms with Crippen LogP contribution in [-0.2, 0) is 14.8 Å². The van der Waals surface area contributed by atoms with Crippen molar-refractivity contribution in [1.82, 2.24) is 0 Å². The lowest BCUT2D eigenvalue weighted by Crippen LogP contribution is -2.25. The SMILES string of the molecule is Cc1ccc(NS(=O)(=O)c2ccc3c(c2)NC(=O)CO3)c(Br)c1. The summed E-state index contributed by atoms with van der Waals surface area (Å²) >= 11 is 3.34. The van der Waals surface area contributed by atoms with Gasteiger partial charge in [-0.05, 0) is 58.7 Å². The summed E-state index contributed by atoms with van der Waals surface area (Å²) in [6.45, 7) is 1.84. The molecular formula is C15H13BrN2O4S. The van der Waals surface area contributed by atoms with Crippen LogP contribution in [0.2, 0.25) is 0 Å². The van der Waals surface area contributed by atoms with E-state index in [-0.39, 0.29) is 17.4 Å². The molecule has 0 saturated carbocycles. The molecule has 0 spiro atoms. The first-order chi connectivity index (χ1) is 10.8. The average Bonchev–Trinajstić information content (AvgIpc) is 2.49. The van der Waals surface area contributed by atoms with Crippen LogP contribution < -0.4 is 14.8 Å². The van der Waals surface area contributed by atoms with E-state index in [1.807, 2.05) is 19.1 Å². The van der Waals surface area contributed by atoms with Crippen LogP contribution in [0.1, 0.15) is 5.56 Å². The van der Waals surface area contributed by atoms with Crippen molar-refractivity contribution in [3.8, 4) is 5.75 Å². The standard InChI is InChI=1S/C15H13BrN2O4S/c1-9-2-4-12(11(16)6-9)18-23(20,21)10-3-5-14-13(7-10)17-15(19)8-22-14/h2-7,18H,8H2,1H3,(H,17,19). The number of aryl methyl sites for hydroxylation is 1. The summed E-state index contributed by atoms with van der Waals surface area (Å²) in [5.74, 6) is 0.126. The molecule has 1 aliphatic heterocycles. The van der Waals surface area contributed by atoms with E-state index in [1.54, 1.807) is 6.07 Å². The van der Waals surface area contributed by atoms with Crippen molar-refractivity contribution < 1.29 is 17.9 Å². The highest BCUT2D eigenvalue weighted by atomic mass is 79.9. The van der Waals surface area contributed by atoms with E-state index in [0.29, 0.717) is 21.6 Å². The Morgan fingerprint density at radius 1 is 1.22 bits per heavy atom. The Hall–Kier alpha value is -2.06. The van der Waals surface area contributed by atoms with Crippen LogP contribution in [0.4, 0.5) is 11.4 Å². The first-order valence-corrected chi connectivity index (χ1v) is 8.98. The largest absolute Gasteiger partial charge is 0.482 e. The summed E-state index contributed by atoms with van der Waals surface area (Å²) < 4.78 is 33.4. The molecular weight excluding hydrogens is 384 g/mol. The maximum absolute atomic E-state index is 12.5. The molecule has 6 nitrogen and oxygen atoms in total. The molecule has 3 rings (SSSR count). The van der Waals surface area contributed by atoms with Crippen LogP contribution in [0.3, 0.4) is 0 Å². The van der Waals surface area contributed by atoms with Crippen molar-refractivity contribution in [2.75, 3.05) is 16.6 Å². The molecule has 0 radical (unpaired) electrons. The van der Waals surface area contributed by atoms with E-state index in [1.165, 1.54) is 18.2 Å². The van der Waals surface area contributed by atoms with Crippen LogP contribution >= 0.6 is 15.9 Å². The molecule has 1 amide bonds. The molecule has 8 heteroatoms. The minimum Gasteiger partial charge on any atom is -0.482 e. The molecule has 1 aliphatic rings. The summed E-state index contributed by atoms with van der Waals surface area (Å²) in [6.07, 6.45) is 0. The Bertz CT molecular complexity index is 896. The maximum Gasteiger partial charge on any atom is 0.262 e. The van der Waals surface area contributed by atoms with Crippen LogP contribution in [0.5, 0.6) is 5.75 Å². The van der Waals surface area contributed by atoms with Crippen LogP contribution in [0.25, 0.3) is 0 Å². The Labute approximate surface area is 142 Å². The quantitative estimate of drug-likeness (QED) is 0.834. The van der Waals surface area contributed by atoms with Crippen molar-refractivity contribution in [2.24, 2.45) is 0 Å². The predicted molar refractivity (Wildman–Crippen MR) is 90.3 cm³/mol. The van der Waals surface area contributed by atoms with Gasteiger partial charge < -0.3 is 10.1 Å². The lowest BCUT2D eigenvalue weighted by Gasteiger charge is -2.18. The molecule has 0 unspecified atom stereocenters. The van der Waals surface area contributed by atoms with Crippen LogP contribution in [-0.4, -0.2) is 20.9 Å². The first-order valence-electron chi connectivity index (χ1n) is 6.71. The molecule has 0 fully saturated rings. The summed E-state index contributed by atoms with van der Waals surface area (Å²) in [5, 5.41) is 2.59. The van der Waals surface area contributed by atoms with Gasteiger partial charge in [0.1, 0.15) is 5.75 Å². The molecule has 2 aromatic carbocycles. The first kappa shape index (κ1) is 15.8. The van der Waals surface area contributed by atoms with E-state index >= 15 is 0 Å². The van der Waals surface area contributed by atoms with E-state index in [0.717, 1.165) is 5.56 Å². The molecule has 2 aromatic rings. The number of amides is 1. The topological polar surface area (TPSA) is 84.5 Å². The van der Waals surface area contributed by atoms with Crippen molar-refractivity contribution in [3.63, 3.8) is 0 Å². The number of hydrogen-bond acceptors (Lipinski definition) is 4. The second-order valence-electron chi connectivity index (χ2n) is 5.08. The number of hydrogen-bond donors (Lipinski definition) is 2. The van der Waals surface area contributed by atoms with E-state index < -0.39 is 10.0 Å². The smallest absolute Gasteiger partial charge is 0.262 e. The zero-order valence-corrected chi connectivity index (χ0v) is 14.5. The lowest BCUT2D eigenvalue weighted by atomic mass is 10.2. The molecule has 0 aromatic heterocycles. The molecule has 120 valence electrons. The second-order valence-corrected chi connectivity index (χ2v) is 7.62. The molecule has 2 N–H and O–H groups in total. The van der Waals surface area contributed by atoms with Gasteiger partial charge in [-0.15, -0.1) is 0 Å². The fraction of sp³-hybridized carbons (Fsp3) is 0.133. The number of benzene rings is 2. The number of sulfonamides is 1.